The third kappa shape index (κ3) is 7.71. The van der Waals surface area contributed by atoms with Crippen molar-refractivity contribution < 1.29 is 32.2 Å². The molecule has 1 fully saturated rings. The molecule has 3 aromatic rings. The van der Waals surface area contributed by atoms with E-state index in [0.717, 1.165) is 25.9 Å². The molecule has 1 aliphatic heterocycles. The van der Waals surface area contributed by atoms with Crippen LogP contribution in [0, 0.1) is 0 Å². The molecule has 0 radical (unpaired) electrons. The number of halogens is 1. The van der Waals surface area contributed by atoms with Gasteiger partial charge in [-0.05, 0) is 58.8 Å². The van der Waals surface area contributed by atoms with E-state index >= 15 is 0 Å². The molecule has 1 amide bonds. The summed E-state index contributed by atoms with van der Waals surface area (Å²) in [6.07, 6.45) is 1.02. The highest BCUT2D eigenvalue weighted by Crippen LogP contribution is 2.39. The molecular weight excluding hydrogens is 582 g/mol. The summed E-state index contributed by atoms with van der Waals surface area (Å²) >= 11 is 6.29. The zero-order valence-corrected chi connectivity index (χ0v) is 25.9. The number of fused-ring (bicyclic) bond motifs is 1. The van der Waals surface area contributed by atoms with Crippen molar-refractivity contribution in [2.75, 3.05) is 62.9 Å². The van der Waals surface area contributed by atoms with Crippen molar-refractivity contribution >= 4 is 55.5 Å². The fraction of sp³-hybridized carbons (Fsp3) is 0.400. The molecule has 1 saturated heterocycles. The molecule has 1 aliphatic rings. The number of morpholine rings is 1. The van der Waals surface area contributed by atoms with Crippen LogP contribution in [0.25, 0.3) is 10.8 Å². The first-order valence-corrected chi connectivity index (χ1v) is 15.7. The van der Waals surface area contributed by atoms with Crippen LogP contribution in [-0.2, 0) is 25.0 Å². The van der Waals surface area contributed by atoms with Gasteiger partial charge in [-0.1, -0.05) is 32.4 Å². The Hall–Kier alpha value is -3.38. The molecule has 4 rings (SSSR count). The predicted molar refractivity (Wildman–Crippen MR) is 165 cm³/mol. The lowest BCUT2D eigenvalue weighted by Gasteiger charge is -2.26. The molecule has 3 aromatic carbocycles. The summed E-state index contributed by atoms with van der Waals surface area (Å²) in [6, 6.07) is 11.6. The minimum atomic E-state index is -3.66. The summed E-state index contributed by atoms with van der Waals surface area (Å²) in [5.41, 5.74) is 0.749. The van der Waals surface area contributed by atoms with Crippen LogP contribution in [0.4, 0.5) is 11.4 Å². The molecule has 12 heteroatoms. The van der Waals surface area contributed by atoms with Crippen LogP contribution >= 0.6 is 11.6 Å². The van der Waals surface area contributed by atoms with Gasteiger partial charge in [-0.2, -0.15) is 0 Å². The molecule has 0 aliphatic carbocycles. The first kappa shape index (κ1) is 31.6. The Kier molecular flexibility index (Phi) is 9.67. The van der Waals surface area contributed by atoms with E-state index in [0.29, 0.717) is 46.9 Å². The van der Waals surface area contributed by atoms with Crippen LogP contribution in [0.1, 0.15) is 36.7 Å². The Labute approximate surface area is 251 Å². The van der Waals surface area contributed by atoms with Crippen molar-refractivity contribution in [2.45, 2.75) is 26.2 Å². The average Bonchev–Trinajstić information content (AvgIpc) is 2.91. The van der Waals surface area contributed by atoms with Crippen molar-refractivity contribution in [1.82, 2.24) is 4.90 Å². The highest BCUT2D eigenvalue weighted by atomic mass is 35.5. The smallest absolute Gasteiger partial charge is 0.296 e. The molecule has 1 heterocycles. The second kappa shape index (κ2) is 12.9. The monoisotopic (exact) mass is 617 g/mol. The number of nitrogens with one attached hydrogen (secondary N) is 2. The van der Waals surface area contributed by atoms with E-state index in [1.54, 1.807) is 42.5 Å². The molecule has 226 valence electrons. The number of hydrogen-bond donors (Lipinski definition) is 2. The highest BCUT2D eigenvalue weighted by molar-refractivity contribution is 7.92. The summed E-state index contributed by atoms with van der Waals surface area (Å²) in [6.45, 7) is 10.1. The maximum absolute atomic E-state index is 13.5. The van der Waals surface area contributed by atoms with Gasteiger partial charge < -0.3 is 19.5 Å². The van der Waals surface area contributed by atoms with Crippen LogP contribution in [0.2, 0.25) is 5.02 Å². The Morgan fingerprint density at radius 3 is 2.36 bits per heavy atom. The number of amides is 1. The lowest BCUT2D eigenvalue weighted by molar-refractivity contribution is -0.112. The summed E-state index contributed by atoms with van der Waals surface area (Å²) in [4.78, 5) is 29.2. The number of ketones is 1. The first-order valence-electron chi connectivity index (χ1n) is 13.5. The second-order valence-corrected chi connectivity index (χ2v) is 13.3. The van der Waals surface area contributed by atoms with E-state index in [9.17, 15) is 18.0 Å². The summed E-state index contributed by atoms with van der Waals surface area (Å²) in [5, 5.41) is 4.15. The minimum Gasteiger partial charge on any atom is -0.492 e. The van der Waals surface area contributed by atoms with Gasteiger partial charge in [0.2, 0.25) is 10.0 Å². The van der Waals surface area contributed by atoms with Gasteiger partial charge in [0.15, 0.2) is 5.75 Å². The highest BCUT2D eigenvalue weighted by Gasteiger charge is 2.26. The molecular formula is C30H36ClN3O7S. The molecule has 0 bridgehead atoms. The summed E-state index contributed by atoms with van der Waals surface area (Å²) < 4.78 is 43.4. The number of Topliss-reactive ketones (excluding diaryl/α,β-unsaturated/α-hetero) is 1. The van der Waals surface area contributed by atoms with E-state index in [-0.39, 0.29) is 22.7 Å². The van der Waals surface area contributed by atoms with Crippen LogP contribution in [0.5, 0.6) is 11.5 Å². The number of carbonyl (C=O) groups is 2. The van der Waals surface area contributed by atoms with Crippen LogP contribution < -0.4 is 19.5 Å². The number of nitrogens with zero attached hydrogens (tertiary/aromatic N) is 1. The molecule has 10 nitrogen and oxygen atoms in total. The van der Waals surface area contributed by atoms with Crippen LogP contribution in [0.3, 0.4) is 0 Å². The number of anilines is 2. The Balaban J connectivity index is 1.64. The second-order valence-electron chi connectivity index (χ2n) is 11.1. The molecule has 0 spiro atoms. The van der Waals surface area contributed by atoms with Crippen LogP contribution in [-0.4, -0.2) is 77.8 Å². The molecule has 0 atom stereocenters. The van der Waals surface area contributed by atoms with Gasteiger partial charge in [-0.3, -0.25) is 19.2 Å². The molecule has 2 N–H and O–H groups in total. The standard InChI is InChI=1S/C30H36ClN3O7S/c1-30(2,3)19-16-24(28(39-4)25(17-19)33-42(5,37)38)32-29(36)27(35)22-8-9-26(21-7-6-20(31)18-23(21)22)41-15-12-34-10-13-40-14-11-34/h6-9,16-18,33H,10-15H2,1-5H3,(H,32,36). The maximum atomic E-state index is 13.5. The number of carbonyl (C=O) groups excluding carboxylic acids is 2. The third-order valence-corrected chi connectivity index (χ3v) is 7.69. The maximum Gasteiger partial charge on any atom is 0.296 e. The number of methoxy groups -OCH3 is 1. The van der Waals surface area contributed by atoms with Crippen molar-refractivity contribution in [3.63, 3.8) is 0 Å². The lowest BCUT2D eigenvalue weighted by atomic mass is 9.86. The predicted octanol–water partition coefficient (Wildman–Crippen LogP) is 4.70. The van der Waals surface area contributed by atoms with Gasteiger partial charge in [-0.15, -0.1) is 0 Å². The van der Waals surface area contributed by atoms with Crippen LogP contribution in [0.15, 0.2) is 42.5 Å². The summed E-state index contributed by atoms with van der Waals surface area (Å²) in [7, 11) is -2.31. The Morgan fingerprint density at radius 1 is 1.02 bits per heavy atom. The summed E-state index contributed by atoms with van der Waals surface area (Å²) in [5.74, 6) is -1.08. The third-order valence-electron chi connectivity index (χ3n) is 6.86. The fourth-order valence-electron chi connectivity index (χ4n) is 4.68. The van der Waals surface area contributed by atoms with E-state index in [2.05, 4.69) is 14.9 Å². The van der Waals surface area contributed by atoms with Gasteiger partial charge in [-0.25, -0.2) is 8.42 Å². The van der Waals surface area contributed by atoms with Crippen molar-refractivity contribution in [3.05, 3.63) is 58.6 Å². The Morgan fingerprint density at radius 2 is 1.71 bits per heavy atom. The van der Waals surface area contributed by atoms with Gasteiger partial charge >= 0.3 is 0 Å². The number of hydrogen-bond acceptors (Lipinski definition) is 8. The number of sulfonamides is 1. The van der Waals surface area contributed by atoms with E-state index in [4.69, 9.17) is 25.8 Å². The van der Waals surface area contributed by atoms with E-state index in [1.165, 1.54) is 7.11 Å². The first-order chi connectivity index (χ1) is 19.8. The van der Waals surface area contributed by atoms with Crippen molar-refractivity contribution in [1.29, 1.82) is 0 Å². The average molecular weight is 618 g/mol. The molecule has 0 saturated carbocycles. The van der Waals surface area contributed by atoms with Crippen molar-refractivity contribution in [2.24, 2.45) is 0 Å². The van der Waals surface area contributed by atoms with E-state index in [1.807, 2.05) is 20.8 Å². The van der Waals surface area contributed by atoms with Gasteiger partial charge in [0, 0.05) is 35.6 Å². The number of ether oxygens (including phenoxy) is 3. The van der Waals surface area contributed by atoms with E-state index < -0.39 is 27.1 Å². The van der Waals surface area contributed by atoms with Gasteiger partial charge in [0.05, 0.1) is 38.0 Å². The molecule has 42 heavy (non-hydrogen) atoms. The minimum absolute atomic E-state index is 0.0755. The van der Waals surface area contributed by atoms with Gasteiger partial charge in [0.25, 0.3) is 11.7 Å². The lowest BCUT2D eigenvalue weighted by Crippen LogP contribution is -2.38. The fourth-order valence-corrected chi connectivity index (χ4v) is 5.40. The molecule has 0 unspecified atom stereocenters. The SMILES string of the molecule is COc1c(NC(=O)C(=O)c2ccc(OCCN3CCOCC3)c3ccc(Cl)cc23)cc(C(C)(C)C)cc1NS(C)(=O)=O. The number of rotatable bonds is 10. The number of benzene rings is 3. The van der Waals surface area contributed by atoms with Crippen molar-refractivity contribution in [3.8, 4) is 11.5 Å². The topological polar surface area (TPSA) is 123 Å². The zero-order chi connectivity index (χ0) is 30.7. The zero-order valence-electron chi connectivity index (χ0n) is 24.4. The normalized spacial score (nSPS) is 14.4. The Bertz CT molecular complexity index is 1600. The van der Waals surface area contributed by atoms with Gasteiger partial charge in [0.1, 0.15) is 12.4 Å². The largest absolute Gasteiger partial charge is 0.492 e. The molecule has 0 aromatic heterocycles. The quantitative estimate of drug-likeness (QED) is 0.248.